The van der Waals surface area contributed by atoms with E-state index in [1.807, 2.05) is 0 Å². The van der Waals surface area contributed by atoms with Gasteiger partial charge in [0.25, 0.3) is 0 Å². The van der Waals surface area contributed by atoms with E-state index in [0.717, 1.165) is 6.07 Å². The molecule has 0 aliphatic carbocycles. The van der Waals surface area contributed by atoms with Crippen molar-refractivity contribution in [1.82, 2.24) is 0 Å². The maximum absolute atomic E-state index is 13.8. The number of carboxylic acid groups (broad SMARTS) is 1. The number of benzene rings is 1. The summed E-state index contributed by atoms with van der Waals surface area (Å²) in [7, 11) is 0. The molecule has 1 atom stereocenters. The van der Waals surface area contributed by atoms with Gasteiger partial charge in [0.15, 0.2) is 23.4 Å². The molecule has 1 aliphatic rings. The molecule has 0 amide bonds. The number of aliphatic carboxylic acids is 1. The first-order valence-corrected chi connectivity index (χ1v) is 5.58. The van der Waals surface area contributed by atoms with Gasteiger partial charge in [0.1, 0.15) is 5.02 Å². The van der Waals surface area contributed by atoms with Gasteiger partial charge in [0.05, 0.1) is 13.2 Å². The van der Waals surface area contributed by atoms with Crippen molar-refractivity contribution in [3.63, 3.8) is 0 Å². The van der Waals surface area contributed by atoms with E-state index < -0.39 is 23.5 Å². The van der Waals surface area contributed by atoms with Gasteiger partial charge in [-0.25, -0.2) is 9.18 Å². The fourth-order valence-electron chi connectivity index (χ4n) is 1.59. The summed E-state index contributed by atoms with van der Waals surface area (Å²) in [6.07, 6.45) is -1.40. The number of rotatable bonds is 2. The molecule has 2 N–H and O–H groups in total. The van der Waals surface area contributed by atoms with E-state index in [-0.39, 0.29) is 16.5 Å². The predicted octanol–water partition coefficient (Wildman–Crippen LogP) is 1.76. The van der Waals surface area contributed by atoms with Crippen LogP contribution in [0.15, 0.2) is 6.07 Å². The van der Waals surface area contributed by atoms with Crippen molar-refractivity contribution in [2.75, 3.05) is 13.2 Å². The van der Waals surface area contributed by atoms with Crippen molar-refractivity contribution >= 4 is 17.6 Å². The Hall–Kier alpha value is -1.53. The third-order valence-corrected chi connectivity index (χ3v) is 2.81. The average molecular weight is 277 g/mol. The third kappa shape index (κ3) is 2.21. The van der Waals surface area contributed by atoms with Gasteiger partial charge in [-0.2, -0.15) is 0 Å². The summed E-state index contributed by atoms with van der Waals surface area (Å²) in [5.74, 6) is -2.42. The van der Waals surface area contributed by atoms with Crippen LogP contribution in [-0.2, 0) is 4.79 Å². The second kappa shape index (κ2) is 4.99. The summed E-state index contributed by atoms with van der Waals surface area (Å²) >= 11 is 5.75. The zero-order valence-corrected chi connectivity index (χ0v) is 9.91. The summed E-state index contributed by atoms with van der Waals surface area (Å²) in [6, 6.07) is 1.10. The van der Waals surface area contributed by atoms with Gasteiger partial charge in [-0.15, -0.1) is 0 Å². The molecule has 7 heteroatoms. The fourth-order valence-corrected chi connectivity index (χ4v) is 1.85. The van der Waals surface area contributed by atoms with Crippen molar-refractivity contribution in [3.05, 3.63) is 22.5 Å². The Morgan fingerprint density at radius 2 is 2.11 bits per heavy atom. The van der Waals surface area contributed by atoms with E-state index in [0.29, 0.717) is 19.6 Å². The molecule has 1 aromatic carbocycles. The van der Waals surface area contributed by atoms with Gasteiger partial charge in [-0.3, -0.25) is 0 Å². The molecule has 18 heavy (non-hydrogen) atoms. The molecule has 0 fully saturated rings. The quantitative estimate of drug-likeness (QED) is 0.861. The normalized spacial score (nSPS) is 15.9. The lowest BCUT2D eigenvalue weighted by molar-refractivity contribution is -0.147. The van der Waals surface area contributed by atoms with E-state index in [1.54, 1.807) is 0 Å². The van der Waals surface area contributed by atoms with Crippen molar-refractivity contribution in [3.8, 4) is 11.5 Å². The van der Waals surface area contributed by atoms with Crippen LogP contribution in [-0.4, -0.2) is 29.4 Å². The maximum Gasteiger partial charge on any atom is 0.337 e. The number of ether oxygens (including phenoxy) is 2. The number of aliphatic hydroxyl groups excluding tert-OH is 1. The first-order valence-electron chi connectivity index (χ1n) is 5.20. The summed E-state index contributed by atoms with van der Waals surface area (Å²) in [5.41, 5.74) is -0.447. The maximum atomic E-state index is 13.8. The smallest absolute Gasteiger partial charge is 0.337 e. The lowest BCUT2D eigenvalue weighted by Gasteiger charge is -2.14. The van der Waals surface area contributed by atoms with Crippen LogP contribution in [0.25, 0.3) is 0 Å². The molecule has 5 nitrogen and oxygen atoms in total. The minimum atomic E-state index is -2.00. The van der Waals surface area contributed by atoms with E-state index in [1.165, 1.54) is 0 Å². The summed E-state index contributed by atoms with van der Waals surface area (Å²) in [4.78, 5) is 10.7. The molecule has 1 aliphatic heterocycles. The molecular formula is C11H10ClFO5. The molecule has 0 saturated carbocycles. The van der Waals surface area contributed by atoms with E-state index >= 15 is 0 Å². The Bertz CT molecular complexity index is 491. The Labute approximate surface area is 107 Å². The minimum Gasteiger partial charge on any atom is -0.489 e. The van der Waals surface area contributed by atoms with Crippen molar-refractivity contribution in [2.45, 2.75) is 12.5 Å². The molecule has 98 valence electrons. The van der Waals surface area contributed by atoms with E-state index in [4.69, 9.17) is 26.2 Å². The highest BCUT2D eigenvalue weighted by atomic mass is 35.5. The molecule has 2 rings (SSSR count). The summed E-state index contributed by atoms with van der Waals surface area (Å²) < 4.78 is 24.3. The number of aliphatic hydroxyl groups is 1. The number of halogens is 2. The van der Waals surface area contributed by atoms with Gasteiger partial charge in [0, 0.05) is 12.0 Å². The highest BCUT2D eigenvalue weighted by Gasteiger charge is 2.27. The number of carbonyl (C=O) groups is 1. The highest BCUT2D eigenvalue weighted by Crippen LogP contribution is 2.41. The standard InChI is InChI=1S/C11H10ClFO5/c12-7-8(13)5(9(14)11(15)16)4-6-10(7)18-3-1-2-17-6/h4,9,14H,1-3H2,(H,15,16). The van der Waals surface area contributed by atoms with Crippen molar-refractivity contribution in [1.29, 1.82) is 0 Å². The van der Waals surface area contributed by atoms with Gasteiger partial charge in [-0.1, -0.05) is 11.6 Å². The van der Waals surface area contributed by atoms with Crippen LogP contribution >= 0.6 is 11.6 Å². The molecular weight excluding hydrogens is 267 g/mol. The Morgan fingerprint density at radius 3 is 2.78 bits per heavy atom. The minimum absolute atomic E-state index is 0.0352. The van der Waals surface area contributed by atoms with Gasteiger partial charge in [-0.05, 0) is 6.07 Å². The molecule has 0 saturated heterocycles. The summed E-state index contributed by atoms with van der Waals surface area (Å²) in [5, 5.41) is 17.7. The number of fused-ring (bicyclic) bond motifs is 1. The lowest BCUT2D eigenvalue weighted by atomic mass is 10.1. The Morgan fingerprint density at radius 1 is 1.44 bits per heavy atom. The van der Waals surface area contributed by atoms with Crippen LogP contribution in [0, 0.1) is 5.82 Å². The third-order valence-electron chi connectivity index (χ3n) is 2.48. The molecule has 1 aromatic rings. The molecule has 1 unspecified atom stereocenters. The molecule has 1 heterocycles. The van der Waals surface area contributed by atoms with Crippen molar-refractivity contribution < 1.29 is 28.9 Å². The highest BCUT2D eigenvalue weighted by molar-refractivity contribution is 6.32. The molecule has 0 radical (unpaired) electrons. The average Bonchev–Trinajstić information content (AvgIpc) is 2.58. The number of carboxylic acids is 1. The zero-order chi connectivity index (χ0) is 13.3. The van der Waals surface area contributed by atoms with Crippen LogP contribution in [0.2, 0.25) is 5.02 Å². The van der Waals surface area contributed by atoms with Crippen LogP contribution in [0.3, 0.4) is 0 Å². The van der Waals surface area contributed by atoms with Crippen LogP contribution in [0.5, 0.6) is 11.5 Å². The predicted molar refractivity (Wildman–Crippen MR) is 59.6 cm³/mol. The first kappa shape index (κ1) is 12.9. The van der Waals surface area contributed by atoms with Gasteiger partial charge in [0.2, 0.25) is 0 Å². The Kier molecular flexibility index (Phi) is 3.58. The van der Waals surface area contributed by atoms with Crippen LogP contribution in [0.1, 0.15) is 18.1 Å². The first-order chi connectivity index (χ1) is 8.52. The SMILES string of the molecule is O=C(O)C(O)c1cc2c(c(Cl)c1F)OCCCO2. The monoisotopic (exact) mass is 276 g/mol. The second-order valence-electron chi connectivity index (χ2n) is 3.71. The second-order valence-corrected chi connectivity index (χ2v) is 4.09. The number of hydrogen-bond donors (Lipinski definition) is 2. The summed E-state index contributed by atoms with van der Waals surface area (Å²) in [6.45, 7) is 0.671. The molecule has 0 spiro atoms. The lowest BCUT2D eigenvalue weighted by Crippen LogP contribution is -2.13. The molecule has 0 bridgehead atoms. The van der Waals surface area contributed by atoms with Crippen LogP contribution < -0.4 is 9.47 Å². The van der Waals surface area contributed by atoms with Crippen LogP contribution in [0.4, 0.5) is 4.39 Å². The van der Waals surface area contributed by atoms with Gasteiger partial charge < -0.3 is 19.7 Å². The van der Waals surface area contributed by atoms with E-state index in [9.17, 15) is 14.3 Å². The fraction of sp³-hybridized carbons (Fsp3) is 0.364. The van der Waals surface area contributed by atoms with Crippen molar-refractivity contribution in [2.24, 2.45) is 0 Å². The van der Waals surface area contributed by atoms with Gasteiger partial charge >= 0.3 is 5.97 Å². The number of hydrogen-bond acceptors (Lipinski definition) is 4. The largest absolute Gasteiger partial charge is 0.489 e. The Balaban J connectivity index is 2.53. The molecule has 0 aromatic heterocycles. The topological polar surface area (TPSA) is 76.0 Å². The van der Waals surface area contributed by atoms with E-state index in [2.05, 4.69) is 0 Å². The zero-order valence-electron chi connectivity index (χ0n) is 9.15.